The van der Waals surface area contributed by atoms with Crippen molar-refractivity contribution in [1.29, 1.82) is 5.26 Å². The molecule has 0 amide bonds. The van der Waals surface area contributed by atoms with Crippen LogP contribution < -0.4 is 0 Å². The SMILES string of the molecule is Cc1ncc(-c2nc(-c3ccccc3)nc(-c3ccc(-n4c5ccccc5c5ccccc54)cc3)n2)cc1C#N. The Balaban J connectivity index is 1.37. The van der Waals surface area contributed by atoms with Crippen LogP contribution in [0.1, 0.15) is 11.3 Å². The highest BCUT2D eigenvalue weighted by molar-refractivity contribution is 6.09. The summed E-state index contributed by atoms with van der Waals surface area (Å²) in [5.74, 6) is 1.59. The smallest absolute Gasteiger partial charge is 0.165 e. The summed E-state index contributed by atoms with van der Waals surface area (Å²) in [6, 6.07) is 39.0. The molecule has 0 aliphatic carbocycles. The van der Waals surface area contributed by atoms with Crippen molar-refractivity contribution in [2.24, 2.45) is 0 Å². The van der Waals surface area contributed by atoms with Crippen LogP contribution >= 0.6 is 0 Å². The van der Waals surface area contributed by atoms with Crippen molar-refractivity contribution < 1.29 is 0 Å². The van der Waals surface area contributed by atoms with Crippen LogP contribution in [-0.2, 0) is 0 Å². The predicted molar refractivity (Wildman–Crippen MR) is 158 cm³/mol. The van der Waals surface area contributed by atoms with Gasteiger partial charge in [0.15, 0.2) is 17.5 Å². The highest BCUT2D eigenvalue weighted by Gasteiger charge is 2.15. The first-order chi connectivity index (χ1) is 19.7. The minimum absolute atomic E-state index is 0.472. The van der Waals surface area contributed by atoms with Crippen LogP contribution in [0.2, 0.25) is 0 Å². The Morgan fingerprint density at radius 3 is 1.73 bits per heavy atom. The molecule has 7 aromatic rings. The number of nitrogens with zero attached hydrogens (tertiary/aromatic N) is 6. The Kier molecular flexibility index (Phi) is 5.61. The predicted octanol–water partition coefficient (Wildman–Crippen LogP) is 7.54. The molecule has 6 nitrogen and oxygen atoms in total. The van der Waals surface area contributed by atoms with Gasteiger partial charge in [-0.25, -0.2) is 15.0 Å². The number of rotatable bonds is 4. The molecule has 0 N–H and O–H groups in total. The van der Waals surface area contributed by atoms with Crippen LogP contribution in [0.3, 0.4) is 0 Å². The molecule has 0 saturated heterocycles. The lowest BCUT2D eigenvalue weighted by molar-refractivity contribution is 1.06. The molecule has 6 heteroatoms. The molecule has 40 heavy (non-hydrogen) atoms. The van der Waals surface area contributed by atoms with Gasteiger partial charge < -0.3 is 4.57 Å². The van der Waals surface area contributed by atoms with Crippen molar-refractivity contribution in [3.05, 3.63) is 127 Å². The summed E-state index contributed by atoms with van der Waals surface area (Å²) in [6.45, 7) is 1.81. The molecule has 0 fully saturated rings. The van der Waals surface area contributed by atoms with Gasteiger partial charge in [0.25, 0.3) is 0 Å². The van der Waals surface area contributed by atoms with Gasteiger partial charge in [-0.3, -0.25) is 4.98 Å². The summed E-state index contributed by atoms with van der Waals surface area (Å²) in [4.78, 5) is 18.8. The summed E-state index contributed by atoms with van der Waals surface area (Å²) in [6.07, 6.45) is 1.70. The van der Waals surface area contributed by atoms with Crippen molar-refractivity contribution >= 4 is 21.8 Å². The third-order valence-corrected chi connectivity index (χ3v) is 7.10. The Morgan fingerprint density at radius 2 is 1.12 bits per heavy atom. The fourth-order valence-electron chi connectivity index (χ4n) is 5.08. The van der Waals surface area contributed by atoms with Crippen LogP contribution in [0.15, 0.2) is 115 Å². The van der Waals surface area contributed by atoms with Crippen LogP contribution in [0.5, 0.6) is 0 Å². The Morgan fingerprint density at radius 1 is 0.600 bits per heavy atom. The second kappa shape index (κ2) is 9.57. The number of aryl methyl sites for hydroxylation is 1. The van der Waals surface area contributed by atoms with Gasteiger partial charge in [-0.2, -0.15) is 5.26 Å². The highest BCUT2D eigenvalue weighted by Crippen LogP contribution is 2.32. The molecule has 0 aliphatic rings. The number of hydrogen-bond acceptors (Lipinski definition) is 5. The first kappa shape index (κ1) is 23.4. The zero-order valence-electron chi connectivity index (χ0n) is 21.7. The average Bonchev–Trinajstić information content (AvgIpc) is 3.36. The van der Waals surface area contributed by atoms with Gasteiger partial charge in [-0.1, -0.05) is 66.7 Å². The quantitative estimate of drug-likeness (QED) is 0.242. The van der Waals surface area contributed by atoms with E-state index in [9.17, 15) is 5.26 Å². The average molecular weight is 515 g/mol. The molecule has 0 radical (unpaired) electrons. The van der Waals surface area contributed by atoms with Gasteiger partial charge >= 0.3 is 0 Å². The normalized spacial score (nSPS) is 11.1. The number of fused-ring (bicyclic) bond motifs is 3. The first-order valence-corrected chi connectivity index (χ1v) is 13.0. The molecule has 0 spiro atoms. The molecule has 3 aromatic heterocycles. The summed E-state index contributed by atoms with van der Waals surface area (Å²) in [5, 5.41) is 12.0. The van der Waals surface area contributed by atoms with Gasteiger partial charge in [0.05, 0.1) is 22.3 Å². The topological polar surface area (TPSA) is 80.3 Å². The van der Waals surface area contributed by atoms with E-state index < -0.39 is 0 Å². The molecule has 0 aliphatic heterocycles. The van der Waals surface area contributed by atoms with Crippen LogP contribution in [0.4, 0.5) is 0 Å². The molecular formula is C34H22N6. The highest BCUT2D eigenvalue weighted by atomic mass is 15.0. The summed E-state index contributed by atoms with van der Waals surface area (Å²) >= 11 is 0. The van der Waals surface area contributed by atoms with E-state index in [0.717, 1.165) is 27.8 Å². The third-order valence-electron chi connectivity index (χ3n) is 7.10. The number of aromatic nitrogens is 5. The van der Waals surface area contributed by atoms with E-state index in [1.165, 1.54) is 10.8 Å². The molecule has 188 valence electrons. The number of pyridine rings is 1. The lowest BCUT2D eigenvalue weighted by atomic mass is 10.1. The van der Waals surface area contributed by atoms with Crippen molar-refractivity contribution in [1.82, 2.24) is 24.5 Å². The van der Waals surface area contributed by atoms with Crippen molar-refractivity contribution in [3.63, 3.8) is 0 Å². The molecule has 4 aromatic carbocycles. The van der Waals surface area contributed by atoms with E-state index in [4.69, 9.17) is 15.0 Å². The van der Waals surface area contributed by atoms with Gasteiger partial charge in [0, 0.05) is 39.3 Å². The number of nitriles is 1. The second-order valence-corrected chi connectivity index (χ2v) is 9.56. The maximum Gasteiger partial charge on any atom is 0.165 e. The lowest BCUT2D eigenvalue weighted by Crippen LogP contribution is -2.01. The maximum absolute atomic E-state index is 9.55. The molecule has 0 bridgehead atoms. The van der Waals surface area contributed by atoms with E-state index in [2.05, 4.69) is 76.3 Å². The monoisotopic (exact) mass is 514 g/mol. The molecule has 0 saturated carbocycles. The molecule has 7 rings (SSSR count). The van der Waals surface area contributed by atoms with Gasteiger partial charge in [-0.05, 0) is 49.4 Å². The van der Waals surface area contributed by atoms with Crippen molar-refractivity contribution in [2.45, 2.75) is 6.92 Å². The Hall–Kier alpha value is -5.67. The van der Waals surface area contributed by atoms with Crippen LogP contribution in [0.25, 0.3) is 61.7 Å². The van der Waals surface area contributed by atoms with Gasteiger partial charge in [-0.15, -0.1) is 0 Å². The van der Waals surface area contributed by atoms with E-state index in [-0.39, 0.29) is 0 Å². The number of hydrogen-bond donors (Lipinski definition) is 0. The Labute approximate surface area is 230 Å². The molecule has 0 atom stereocenters. The Bertz CT molecular complexity index is 2020. The standard InChI is InChI=1S/C34H22N6/c1-22-25(20-35)19-26(21-36-22)34-38-32(23-9-3-2-4-10-23)37-33(39-34)24-15-17-27(18-16-24)40-30-13-7-5-11-28(30)29-12-6-8-14-31(29)40/h2-19,21H,1H3. The number of benzene rings is 4. The largest absolute Gasteiger partial charge is 0.309 e. The summed E-state index contributed by atoms with van der Waals surface area (Å²) in [5.41, 5.74) is 6.96. The number of para-hydroxylation sites is 2. The van der Waals surface area contributed by atoms with Crippen molar-refractivity contribution in [2.75, 3.05) is 0 Å². The zero-order valence-corrected chi connectivity index (χ0v) is 21.7. The zero-order chi connectivity index (χ0) is 27.1. The van der Waals surface area contributed by atoms with E-state index in [0.29, 0.717) is 34.3 Å². The van der Waals surface area contributed by atoms with Gasteiger partial charge in [0.2, 0.25) is 0 Å². The van der Waals surface area contributed by atoms with Crippen LogP contribution in [0, 0.1) is 18.3 Å². The summed E-state index contributed by atoms with van der Waals surface area (Å²) < 4.78 is 2.28. The lowest BCUT2D eigenvalue weighted by Gasteiger charge is -2.11. The second-order valence-electron chi connectivity index (χ2n) is 9.56. The van der Waals surface area contributed by atoms with Gasteiger partial charge in [0.1, 0.15) is 6.07 Å². The molecular weight excluding hydrogens is 492 g/mol. The molecule has 0 unspecified atom stereocenters. The fraction of sp³-hybridized carbons (Fsp3) is 0.0294. The maximum atomic E-state index is 9.55. The van der Waals surface area contributed by atoms with Crippen LogP contribution in [-0.4, -0.2) is 24.5 Å². The van der Waals surface area contributed by atoms with E-state index in [1.807, 2.05) is 49.4 Å². The summed E-state index contributed by atoms with van der Waals surface area (Å²) in [7, 11) is 0. The molecule has 3 heterocycles. The van der Waals surface area contributed by atoms with E-state index in [1.54, 1.807) is 12.3 Å². The third kappa shape index (κ3) is 3.98. The minimum atomic E-state index is 0.472. The minimum Gasteiger partial charge on any atom is -0.309 e. The fourth-order valence-corrected chi connectivity index (χ4v) is 5.08. The van der Waals surface area contributed by atoms with Crippen molar-refractivity contribution in [3.8, 4) is 45.9 Å². The first-order valence-electron chi connectivity index (χ1n) is 13.0. The van der Waals surface area contributed by atoms with E-state index >= 15 is 0 Å².